The van der Waals surface area contributed by atoms with Gasteiger partial charge < -0.3 is 25.4 Å². The van der Waals surface area contributed by atoms with Gasteiger partial charge in [0.2, 0.25) is 0 Å². The van der Waals surface area contributed by atoms with E-state index in [1.807, 2.05) is 4.90 Å². The highest BCUT2D eigenvalue weighted by Gasteiger charge is 2.32. The van der Waals surface area contributed by atoms with Crippen LogP contribution < -0.4 is 11.1 Å². The maximum absolute atomic E-state index is 13.5. The van der Waals surface area contributed by atoms with Gasteiger partial charge in [-0.15, -0.1) is 0 Å². The first-order chi connectivity index (χ1) is 16.1. The Labute approximate surface area is 198 Å². The van der Waals surface area contributed by atoms with Crippen molar-refractivity contribution >= 4 is 6.03 Å². The number of nitrogens with two attached hydrogens (primary N) is 1. The van der Waals surface area contributed by atoms with Gasteiger partial charge in [0.1, 0.15) is 5.82 Å². The lowest BCUT2D eigenvalue weighted by Crippen LogP contribution is -2.51. The van der Waals surface area contributed by atoms with Gasteiger partial charge in [-0.25, -0.2) is 9.18 Å². The minimum Gasteiger partial charge on any atom is -0.385 e. The molecule has 3 atom stereocenters. The van der Waals surface area contributed by atoms with Gasteiger partial charge in [0.15, 0.2) is 0 Å². The van der Waals surface area contributed by atoms with E-state index in [1.165, 1.54) is 44.2 Å². The van der Waals surface area contributed by atoms with E-state index < -0.39 is 0 Å². The van der Waals surface area contributed by atoms with E-state index in [4.69, 9.17) is 15.2 Å². The van der Waals surface area contributed by atoms with E-state index in [0.717, 1.165) is 37.8 Å². The number of likely N-dealkylation sites (tertiary alicyclic amines) is 1. The number of amides is 2. The van der Waals surface area contributed by atoms with Crippen molar-refractivity contribution in [3.63, 3.8) is 0 Å². The second-order valence-corrected chi connectivity index (χ2v) is 9.66. The molecular formula is C26H42FN3O3. The van der Waals surface area contributed by atoms with Crippen LogP contribution in [0.2, 0.25) is 0 Å². The van der Waals surface area contributed by atoms with Crippen molar-refractivity contribution in [2.45, 2.75) is 69.9 Å². The topological polar surface area (TPSA) is 76.8 Å². The molecule has 1 aliphatic heterocycles. The molecule has 1 heterocycles. The Balaban J connectivity index is 1.59. The highest BCUT2D eigenvalue weighted by molar-refractivity contribution is 5.74. The average molecular weight is 464 g/mol. The summed E-state index contributed by atoms with van der Waals surface area (Å²) in [6.45, 7) is 3.04. The molecule has 6 nitrogen and oxygen atoms in total. The lowest BCUT2D eigenvalue weighted by atomic mass is 9.85. The van der Waals surface area contributed by atoms with Crippen LogP contribution in [0, 0.1) is 17.7 Å². The molecule has 1 aromatic rings. The quantitative estimate of drug-likeness (QED) is 0.469. The molecule has 0 unspecified atom stereocenters. The zero-order valence-electron chi connectivity index (χ0n) is 20.1. The first-order valence-electron chi connectivity index (χ1n) is 12.7. The molecule has 0 spiro atoms. The SMILES string of the molecule is COCCCO[C@@H](c1ccc(F)cc1)[C@@H]1CCCN(C(=O)N[C@H](CN)CC2CCCCC2)C1. The van der Waals surface area contributed by atoms with Gasteiger partial charge in [-0.05, 0) is 49.3 Å². The molecule has 1 saturated heterocycles. The van der Waals surface area contributed by atoms with E-state index in [9.17, 15) is 9.18 Å². The molecule has 1 aromatic carbocycles. The summed E-state index contributed by atoms with van der Waals surface area (Å²) < 4.78 is 24.9. The molecule has 1 saturated carbocycles. The minimum atomic E-state index is -0.257. The zero-order valence-corrected chi connectivity index (χ0v) is 20.1. The molecule has 2 aliphatic rings. The van der Waals surface area contributed by atoms with Crippen LogP contribution in [0.25, 0.3) is 0 Å². The molecule has 0 bridgehead atoms. The van der Waals surface area contributed by atoms with E-state index >= 15 is 0 Å². The number of carbonyl (C=O) groups excluding carboxylic acids is 1. The van der Waals surface area contributed by atoms with Gasteiger partial charge in [0.05, 0.1) is 6.10 Å². The van der Waals surface area contributed by atoms with E-state index in [-0.39, 0.29) is 29.9 Å². The minimum absolute atomic E-state index is 0.0248. The number of rotatable bonds is 11. The fraction of sp³-hybridized carbons (Fsp3) is 0.731. The zero-order chi connectivity index (χ0) is 23.5. The predicted molar refractivity (Wildman–Crippen MR) is 128 cm³/mol. The molecule has 0 radical (unpaired) electrons. The largest absolute Gasteiger partial charge is 0.385 e. The lowest BCUT2D eigenvalue weighted by Gasteiger charge is -2.38. The van der Waals surface area contributed by atoms with Crippen molar-refractivity contribution in [3.8, 4) is 0 Å². The number of methoxy groups -OCH3 is 1. The highest BCUT2D eigenvalue weighted by atomic mass is 19.1. The fourth-order valence-corrected chi connectivity index (χ4v) is 5.32. The Morgan fingerprint density at radius 1 is 1.15 bits per heavy atom. The number of ether oxygens (including phenoxy) is 2. The van der Waals surface area contributed by atoms with Crippen molar-refractivity contribution in [2.24, 2.45) is 17.6 Å². The summed E-state index contributed by atoms with van der Waals surface area (Å²) in [5.74, 6) is 0.574. The molecule has 33 heavy (non-hydrogen) atoms. The smallest absolute Gasteiger partial charge is 0.317 e. The summed E-state index contributed by atoms with van der Waals surface area (Å²) in [5, 5.41) is 3.21. The van der Waals surface area contributed by atoms with Crippen molar-refractivity contribution in [1.82, 2.24) is 10.2 Å². The van der Waals surface area contributed by atoms with Crippen molar-refractivity contribution in [2.75, 3.05) is 40.0 Å². The molecule has 186 valence electrons. The van der Waals surface area contributed by atoms with Gasteiger partial charge >= 0.3 is 6.03 Å². The molecule has 3 N–H and O–H groups in total. The number of halogens is 1. The second-order valence-electron chi connectivity index (χ2n) is 9.66. The molecule has 1 aliphatic carbocycles. The maximum atomic E-state index is 13.5. The van der Waals surface area contributed by atoms with Crippen LogP contribution in [0.5, 0.6) is 0 Å². The van der Waals surface area contributed by atoms with Gasteiger partial charge in [-0.3, -0.25) is 0 Å². The normalized spacial score (nSPS) is 21.5. The third-order valence-electron chi connectivity index (χ3n) is 7.12. The number of benzene rings is 1. The number of hydrogen-bond acceptors (Lipinski definition) is 4. The number of hydrogen-bond donors (Lipinski definition) is 2. The van der Waals surface area contributed by atoms with E-state index in [2.05, 4.69) is 5.32 Å². The number of carbonyl (C=O) groups is 1. The third-order valence-corrected chi connectivity index (χ3v) is 7.12. The van der Waals surface area contributed by atoms with Gasteiger partial charge in [0.25, 0.3) is 0 Å². The Bertz CT molecular complexity index is 697. The van der Waals surface area contributed by atoms with Crippen molar-refractivity contribution in [3.05, 3.63) is 35.6 Å². The number of nitrogens with one attached hydrogen (secondary N) is 1. The Morgan fingerprint density at radius 2 is 1.91 bits per heavy atom. The van der Waals surface area contributed by atoms with Crippen LogP contribution >= 0.6 is 0 Å². The summed E-state index contributed by atoms with van der Waals surface area (Å²) in [7, 11) is 1.68. The second kappa shape index (κ2) is 13.9. The molecule has 2 amide bonds. The molecular weight excluding hydrogens is 421 g/mol. The van der Waals surface area contributed by atoms with Crippen molar-refractivity contribution < 1.29 is 18.7 Å². The van der Waals surface area contributed by atoms with Gasteiger partial charge in [-0.2, -0.15) is 0 Å². The molecule has 7 heteroatoms. The number of nitrogens with zero attached hydrogens (tertiary/aromatic N) is 1. The third kappa shape index (κ3) is 8.23. The van der Waals surface area contributed by atoms with E-state index in [1.54, 1.807) is 19.2 Å². The first kappa shape index (κ1) is 25.9. The summed E-state index contributed by atoms with van der Waals surface area (Å²) in [5.41, 5.74) is 6.97. The van der Waals surface area contributed by atoms with Crippen molar-refractivity contribution in [1.29, 1.82) is 0 Å². The van der Waals surface area contributed by atoms with Crippen LogP contribution in [0.1, 0.15) is 69.5 Å². The average Bonchev–Trinajstić information content (AvgIpc) is 2.85. The van der Waals surface area contributed by atoms with Crippen LogP contribution in [-0.2, 0) is 9.47 Å². The first-order valence-corrected chi connectivity index (χ1v) is 12.7. The van der Waals surface area contributed by atoms with Crippen LogP contribution in [-0.4, -0.2) is 56.9 Å². The standard InChI is InChI=1S/C26H42FN3O3/c1-32-15-6-16-33-25(21-10-12-23(27)13-11-21)22-9-5-14-30(19-22)26(31)29-24(18-28)17-20-7-3-2-4-8-20/h10-13,20,22,24-25H,2-9,14-19,28H2,1H3,(H,29,31)/t22-,24+,25+/m1/s1. The summed E-state index contributed by atoms with van der Waals surface area (Å²) in [6.07, 6.45) is 9.89. The summed E-state index contributed by atoms with van der Waals surface area (Å²) in [4.78, 5) is 15.0. The summed E-state index contributed by atoms with van der Waals surface area (Å²) >= 11 is 0. The molecule has 0 aromatic heterocycles. The molecule has 2 fully saturated rings. The predicted octanol–water partition coefficient (Wildman–Crippen LogP) is 4.64. The van der Waals surface area contributed by atoms with Crippen LogP contribution in [0.4, 0.5) is 9.18 Å². The molecule has 3 rings (SSSR count). The number of urea groups is 1. The number of piperidine rings is 1. The lowest BCUT2D eigenvalue weighted by molar-refractivity contribution is -0.0168. The van der Waals surface area contributed by atoms with E-state index in [0.29, 0.717) is 32.2 Å². The Kier molecular flexibility index (Phi) is 10.9. The fourth-order valence-electron chi connectivity index (χ4n) is 5.32. The Morgan fingerprint density at radius 3 is 2.61 bits per heavy atom. The highest BCUT2D eigenvalue weighted by Crippen LogP contribution is 2.33. The van der Waals surface area contributed by atoms with Gasteiger partial charge in [-0.1, -0.05) is 44.2 Å². The maximum Gasteiger partial charge on any atom is 0.317 e. The monoisotopic (exact) mass is 463 g/mol. The summed E-state index contributed by atoms with van der Waals surface area (Å²) in [6, 6.07) is 6.55. The van der Waals surface area contributed by atoms with Crippen LogP contribution in [0.15, 0.2) is 24.3 Å². The van der Waals surface area contributed by atoms with Crippen LogP contribution in [0.3, 0.4) is 0 Å². The van der Waals surface area contributed by atoms with Gasteiger partial charge in [0, 0.05) is 51.9 Å². The Hall–Kier alpha value is -1.70.